The first kappa shape index (κ1) is 20.2. The van der Waals surface area contributed by atoms with E-state index in [0.717, 1.165) is 5.84 Å². The molecular formula is C15H25N4O4P. The number of aliphatic imine (C=N–C) groups is 1. The van der Waals surface area contributed by atoms with Crippen molar-refractivity contribution in [3.8, 4) is 0 Å². The molecule has 1 aromatic rings. The maximum atomic E-state index is 12.4. The Labute approximate surface area is 142 Å². The van der Waals surface area contributed by atoms with Gasteiger partial charge in [-0.1, -0.05) is 0 Å². The van der Waals surface area contributed by atoms with Crippen LogP contribution >= 0.6 is 7.75 Å². The molecule has 0 atom stereocenters. The molecule has 9 heteroatoms. The molecule has 0 radical (unpaired) electrons. The van der Waals surface area contributed by atoms with Crippen LogP contribution in [-0.4, -0.2) is 58.6 Å². The van der Waals surface area contributed by atoms with E-state index in [1.807, 2.05) is 25.9 Å². The molecule has 0 aliphatic heterocycles. The number of rotatable bonds is 5. The Balaban J connectivity index is 3.20. The van der Waals surface area contributed by atoms with Crippen molar-refractivity contribution in [2.75, 3.05) is 31.9 Å². The number of amides is 2. The molecule has 0 aliphatic rings. The molecule has 0 fully saturated rings. The Bertz CT molecular complexity index is 635. The predicted molar refractivity (Wildman–Crippen MR) is 95.7 cm³/mol. The van der Waals surface area contributed by atoms with Crippen LogP contribution in [0.4, 0.5) is 16.2 Å². The first-order chi connectivity index (χ1) is 11.1. The molecular weight excluding hydrogens is 331 g/mol. The molecule has 2 amide bonds. The van der Waals surface area contributed by atoms with Crippen molar-refractivity contribution in [2.45, 2.75) is 20.8 Å². The number of carbonyl (C=O) groups is 1. The molecule has 0 heterocycles. The van der Waals surface area contributed by atoms with Crippen LogP contribution in [0, 0.1) is 0 Å². The molecule has 0 spiro atoms. The topological polar surface area (TPSA) is 96.7 Å². The van der Waals surface area contributed by atoms with Gasteiger partial charge in [-0.15, -0.1) is 0 Å². The van der Waals surface area contributed by atoms with E-state index in [4.69, 9.17) is 0 Å². The smallest absolute Gasteiger partial charge is 0.366 e. The van der Waals surface area contributed by atoms with Gasteiger partial charge in [0, 0.05) is 27.2 Å². The van der Waals surface area contributed by atoms with E-state index in [1.165, 1.54) is 17.0 Å². The number of nitrogens with zero attached hydrogens (tertiary/aromatic N) is 4. The van der Waals surface area contributed by atoms with Gasteiger partial charge in [-0.2, -0.15) is 4.67 Å². The quantitative estimate of drug-likeness (QED) is 0.480. The van der Waals surface area contributed by atoms with Gasteiger partial charge in [0.05, 0.1) is 11.4 Å². The highest BCUT2D eigenvalue weighted by Crippen LogP contribution is 2.44. The van der Waals surface area contributed by atoms with Gasteiger partial charge in [0.15, 0.2) is 0 Å². The van der Waals surface area contributed by atoms with Crippen molar-refractivity contribution < 1.29 is 19.1 Å². The normalized spacial score (nSPS) is 12.0. The summed E-state index contributed by atoms with van der Waals surface area (Å²) in [5, 5.41) is 0. The van der Waals surface area contributed by atoms with Gasteiger partial charge in [-0.25, -0.2) is 14.4 Å². The van der Waals surface area contributed by atoms with Crippen LogP contribution in [0.5, 0.6) is 0 Å². The monoisotopic (exact) mass is 356 g/mol. The first-order valence-corrected chi connectivity index (χ1v) is 9.16. The number of hydrogen-bond acceptors (Lipinski definition) is 3. The van der Waals surface area contributed by atoms with Crippen LogP contribution in [0.15, 0.2) is 29.3 Å². The third kappa shape index (κ3) is 5.06. The third-order valence-corrected chi connectivity index (χ3v) is 4.43. The van der Waals surface area contributed by atoms with Gasteiger partial charge in [-0.05, 0) is 45.0 Å². The van der Waals surface area contributed by atoms with Gasteiger partial charge in [0.2, 0.25) is 0 Å². The average molecular weight is 356 g/mol. The summed E-state index contributed by atoms with van der Waals surface area (Å²) >= 11 is 0. The summed E-state index contributed by atoms with van der Waals surface area (Å²) in [6.45, 7) is 6.06. The zero-order valence-electron chi connectivity index (χ0n) is 14.7. The number of anilines is 1. The Morgan fingerprint density at radius 2 is 1.62 bits per heavy atom. The summed E-state index contributed by atoms with van der Waals surface area (Å²) in [6, 6.07) is 5.44. The summed E-state index contributed by atoms with van der Waals surface area (Å²) in [5.74, 6) is 0.786. The van der Waals surface area contributed by atoms with Crippen LogP contribution in [0.25, 0.3) is 0 Å². The molecule has 1 aromatic carbocycles. The van der Waals surface area contributed by atoms with E-state index in [0.29, 0.717) is 23.4 Å². The van der Waals surface area contributed by atoms with Gasteiger partial charge in [0.1, 0.15) is 5.84 Å². The van der Waals surface area contributed by atoms with Crippen LogP contribution < -0.4 is 4.67 Å². The molecule has 0 aromatic heterocycles. The van der Waals surface area contributed by atoms with E-state index in [2.05, 4.69) is 4.99 Å². The van der Waals surface area contributed by atoms with E-state index in [1.54, 1.807) is 26.0 Å². The minimum atomic E-state index is -4.79. The minimum Gasteiger partial charge on any atom is -0.366 e. The van der Waals surface area contributed by atoms with E-state index >= 15 is 0 Å². The lowest BCUT2D eigenvalue weighted by molar-refractivity contribution is 0.211. The van der Waals surface area contributed by atoms with Crippen molar-refractivity contribution in [1.82, 2.24) is 9.80 Å². The number of carbonyl (C=O) groups excluding carboxylic acids is 1. The second kappa shape index (κ2) is 8.28. The van der Waals surface area contributed by atoms with Gasteiger partial charge in [-0.3, -0.25) is 0 Å². The summed E-state index contributed by atoms with van der Waals surface area (Å²) in [4.78, 5) is 39.2. The largest absolute Gasteiger partial charge is 0.438 e. The highest BCUT2D eigenvalue weighted by atomic mass is 31.2. The third-order valence-electron chi connectivity index (χ3n) is 3.51. The lowest BCUT2D eigenvalue weighted by atomic mass is 10.3. The molecule has 0 unspecified atom stereocenters. The zero-order chi connectivity index (χ0) is 18.5. The van der Waals surface area contributed by atoms with Crippen molar-refractivity contribution in [1.29, 1.82) is 0 Å². The summed E-state index contributed by atoms with van der Waals surface area (Å²) in [6.07, 6.45) is 0. The molecule has 0 saturated carbocycles. The van der Waals surface area contributed by atoms with E-state index < -0.39 is 13.8 Å². The average Bonchev–Trinajstić information content (AvgIpc) is 2.49. The van der Waals surface area contributed by atoms with Gasteiger partial charge < -0.3 is 19.6 Å². The van der Waals surface area contributed by atoms with E-state index in [-0.39, 0.29) is 5.69 Å². The Morgan fingerprint density at radius 3 is 2.00 bits per heavy atom. The number of benzene rings is 1. The molecule has 1 rings (SSSR count). The van der Waals surface area contributed by atoms with E-state index in [9.17, 15) is 19.1 Å². The molecule has 0 saturated heterocycles. The van der Waals surface area contributed by atoms with Gasteiger partial charge >= 0.3 is 13.8 Å². The second-order valence-electron chi connectivity index (χ2n) is 5.35. The summed E-state index contributed by atoms with van der Waals surface area (Å²) < 4.78 is 12.3. The van der Waals surface area contributed by atoms with Gasteiger partial charge in [0.25, 0.3) is 0 Å². The highest BCUT2D eigenvalue weighted by molar-refractivity contribution is 7.54. The highest BCUT2D eigenvalue weighted by Gasteiger charge is 2.34. The Morgan fingerprint density at radius 1 is 1.12 bits per heavy atom. The van der Waals surface area contributed by atoms with Crippen molar-refractivity contribution >= 4 is 31.0 Å². The Kier molecular flexibility index (Phi) is 6.95. The van der Waals surface area contributed by atoms with Crippen molar-refractivity contribution in [3.63, 3.8) is 0 Å². The molecule has 2 N–H and O–H groups in total. The molecule has 134 valence electrons. The van der Waals surface area contributed by atoms with Crippen LogP contribution in [-0.2, 0) is 4.57 Å². The summed E-state index contributed by atoms with van der Waals surface area (Å²) in [7, 11) is -1.06. The molecule has 0 bridgehead atoms. The number of amidine groups is 1. The van der Waals surface area contributed by atoms with Crippen LogP contribution in [0.3, 0.4) is 0 Å². The maximum Gasteiger partial charge on any atom is 0.438 e. The Hall–Kier alpha value is -1.89. The zero-order valence-corrected chi connectivity index (χ0v) is 15.6. The molecule has 24 heavy (non-hydrogen) atoms. The van der Waals surface area contributed by atoms with Crippen molar-refractivity contribution in [2.24, 2.45) is 4.99 Å². The maximum absolute atomic E-state index is 12.4. The SMILES string of the molecule is CCN(CC)C(=O)N(c1ccc(N=C(C)N(C)C)cc1)P(=O)(O)O. The lowest BCUT2D eigenvalue weighted by Crippen LogP contribution is -2.41. The number of urea groups is 1. The molecule has 0 aliphatic carbocycles. The fourth-order valence-electron chi connectivity index (χ4n) is 1.96. The first-order valence-electron chi connectivity index (χ1n) is 7.59. The summed E-state index contributed by atoms with van der Waals surface area (Å²) in [5.41, 5.74) is 0.757. The predicted octanol–water partition coefficient (Wildman–Crippen LogP) is 2.66. The second-order valence-corrected chi connectivity index (χ2v) is 6.78. The standard InChI is InChI=1S/C15H25N4O4P/c1-6-18(7-2)15(20)19(24(21,22)23)14-10-8-13(9-11-14)16-12(3)17(4)5/h8-11H,6-7H2,1-5H3,(H2,21,22,23). The van der Waals surface area contributed by atoms with Crippen LogP contribution in [0.1, 0.15) is 20.8 Å². The van der Waals surface area contributed by atoms with Crippen LogP contribution in [0.2, 0.25) is 0 Å². The fourth-order valence-corrected chi connectivity index (χ4v) is 2.74. The molecule has 8 nitrogen and oxygen atoms in total. The fraction of sp³-hybridized carbons (Fsp3) is 0.467. The number of hydrogen-bond donors (Lipinski definition) is 2. The van der Waals surface area contributed by atoms with Crippen molar-refractivity contribution in [3.05, 3.63) is 24.3 Å². The lowest BCUT2D eigenvalue weighted by Gasteiger charge is -2.29. The minimum absolute atomic E-state index is 0.127.